The molecule has 3 rings (SSSR count). The monoisotopic (exact) mass is 232 g/mol. The summed E-state index contributed by atoms with van der Waals surface area (Å²) in [5.74, 6) is 2.40. The van der Waals surface area contributed by atoms with Crippen LogP contribution in [0.25, 0.3) is 0 Å². The Morgan fingerprint density at radius 2 is 2.00 bits per heavy atom. The summed E-state index contributed by atoms with van der Waals surface area (Å²) in [6.07, 6.45) is 4.73. The summed E-state index contributed by atoms with van der Waals surface area (Å²) in [6.45, 7) is 4.53. The van der Waals surface area contributed by atoms with Crippen LogP contribution in [-0.4, -0.2) is 19.7 Å². The van der Waals surface area contributed by atoms with Crippen LogP contribution in [0.5, 0.6) is 0 Å². The van der Waals surface area contributed by atoms with E-state index < -0.39 is 0 Å². The van der Waals surface area contributed by atoms with Crippen LogP contribution in [0, 0.1) is 13.8 Å². The van der Waals surface area contributed by atoms with Gasteiger partial charge in [0.1, 0.15) is 5.82 Å². The topological polar surface area (TPSA) is 56.7 Å². The molecule has 1 aliphatic carbocycles. The molecule has 0 saturated heterocycles. The molecule has 0 unspecified atom stereocenters. The largest absolute Gasteiger partial charge is 0.340 e. The quantitative estimate of drug-likeness (QED) is 0.792. The molecule has 2 heterocycles. The lowest BCUT2D eigenvalue weighted by Gasteiger charge is -2.13. The number of hydrogen-bond donors (Lipinski definition) is 0. The molecule has 0 N–H and O–H groups in total. The van der Waals surface area contributed by atoms with Gasteiger partial charge >= 0.3 is 0 Å². The van der Waals surface area contributed by atoms with Crippen molar-refractivity contribution in [1.82, 2.24) is 19.7 Å². The van der Waals surface area contributed by atoms with Gasteiger partial charge in [-0.3, -0.25) is 0 Å². The van der Waals surface area contributed by atoms with E-state index in [4.69, 9.17) is 4.52 Å². The van der Waals surface area contributed by atoms with Gasteiger partial charge in [-0.1, -0.05) is 5.16 Å². The summed E-state index contributed by atoms with van der Waals surface area (Å²) in [5, 5.41) is 3.95. The van der Waals surface area contributed by atoms with Crippen molar-refractivity contribution in [2.75, 3.05) is 0 Å². The first-order chi connectivity index (χ1) is 8.24. The van der Waals surface area contributed by atoms with E-state index >= 15 is 0 Å². The second-order valence-electron chi connectivity index (χ2n) is 4.58. The van der Waals surface area contributed by atoms with Crippen LogP contribution in [0.15, 0.2) is 4.52 Å². The highest BCUT2D eigenvalue weighted by Gasteiger charge is 2.19. The van der Waals surface area contributed by atoms with Crippen LogP contribution in [0.3, 0.4) is 0 Å². The molecule has 0 aliphatic heterocycles. The molecule has 0 radical (unpaired) electrons. The second-order valence-corrected chi connectivity index (χ2v) is 4.58. The Morgan fingerprint density at radius 1 is 1.18 bits per heavy atom. The fourth-order valence-electron chi connectivity index (χ4n) is 2.49. The van der Waals surface area contributed by atoms with Crippen molar-refractivity contribution in [2.24, 2.45) is 0 Å². The third kappa shape index (κ3) is 1.85. The summed E-state index contributed by atoms with van der Waals surface area (Å²) in [4.78, 5) is 8.88. The molecule has 0 saturated carbocycles. The molecule has 0 bridgehead atoms. The maximum absolute atomic E-state index is 5.00. The summed E-state index contributed by atoms with van der Waals surface area (Å²) in [6, 6.07) is 0. The highest BCUT2D eigenvalue weighted by Crippen LogP contribution is 2.22. The zero-order valence-electron chi connectivity index (χ0n) is 10.2. The number of aromatic nitrogens is 4. The lowest BCUT2D eigenvalue weighted by molar-refractivity contribution is 0.385. The number of rotatable bonds is 2. The molecule has 5 heteroatoms. The van der Waals surface area contributed by atoms with Crippen molar-refractivity contribution in [2.45, 2.75) is 46.1 Å². The molecular weight excluding hydrogens is 216 g/mol. The van der Waals surface area contributed by atoms with Crippen LogP contribution >= 0.6 is 0 Å². The Balaban J connectivity index is 1.94. The Morgan fingerprint density at radius 3 is 2.76 bits per heavy atom. The lowest BCUT2D eigenvalue weighted by Crippen LogP contribution is -2.11. The van der Waals surface area contributed by atoms with Gasteiger partial charge in [-0.15, -0.1) is 0 Å². The Hall–Kier alpha value is -1.65. The normalized spacial score (nSPS) is 14.9. The molecule has 1 aliphatic rings. The van der Waals surface area contributed by atoms with Gasteiger partial charge in [-0.25, -0.2) is 4.98 Å². The van der Waals surface area contributed by atoms with E-state index in [1.54, 1.807) is 0 Å². The zero-order valence-corrected chi connectivity index (χ0v) is 10.2. The molecule has 90 valence electrons. The second kappa shape index (κ2) is 3.98. The van der Waals surface area contributed by atoms with E-state index in [1.807, 2.05) is 13.8 Å². The fraction of sp³-hybridized carbons (Fsp3) is 0.583. The minimum Gasteiger partial charge on any atom is -0.340 e. The van der Waals surface area contributed by atoms with Gasteiger partial charge < -0.3 is 9.09 Å². The summed E-state index contributed by atoms with van der Waals surface area (Å²) in [5.41, 5.74) is 2.62. The molecule has 0 fully saturated rings. The van der Waals surface area contributed by atoms with E-state index in [-0.39, 0.29) is 0 Å². The third-order valence-corrected chi connectivity index (χ3v) is 3.29. The first-order valence-electron chi connectivity index (χ1n) is 6.08. The van der Waals surface area contributed by atoms with Gasteiger partial charge in [0.05, 0.1) is 12.2 Å². The molecule has 2 aromatic heterocycles. The maximum atomic E-state index is 5.00. The average molecular weight is 232 g/mol. The van der Waals surface area contributed by atoms with E-state index in [9.17, 15) is 0 Å². The van der Waals surface area contributed by atoms with E-state index in [2.05, 4.69) is 19.7 Å². The standard InChI is InChI=1S/C12H16N4O/c1-8-13-10-5-3-4-6-11(10)16(8)7-12-14-9(2)17-15-12/h3-7H2,1-2H3. The number of hydrogen-bond acceptors (Lipinski definition) is 4. The summed E-state index contributed by atoms with van der Waals surface area (Å²) >= 11 is 0. The van der Waals surface area contributed by atoms with Crippen molar-refractivity contribution in [3.8, 4) is 0 Å². The minimum atomic E-state index is 0.617. The molecule has 0 spiro atoms. The average Bonchev–Trinajstić information content (AvgIpc) is 2.85. The Kier molecular flexibility index (Phi) is 2.46. The summed E-state index contributed by atoms with van der Waals surface area (Å²) < 4.78 is 7.22. The van der Waals surface area contributed by atoms with Crippen molar-refractivity contribution in [3.63, 3.8) is 0 Å². The lowest BCUT2D eigenvalue weighted by atomic mass is 10.0. The van der Waals surface area contributed by atoms with Crippen LogP contribution < -0.4 is 0 Å². The van der Waals surface area contributed by atoms with Gasteiger partial charge in [-0.2, -0.15) is 4.98 Å². The predicted molar refractivity (Wildman–Crippen MR) is 61.7 cm³/mol. The third-order valence-electron chi connectivity index (χ3n) is 3.29. The van der Waals surface area contributed by atoms with Crippen molar-refractivity contribution in [3.05, 3.63) is 28.9 Å². The predicted octanol–water partition coefficient (Wildman–Crippen LogP) is 1.81. The van der Waals surface area contributed by atoms with Gasteiger partial charge in [0.2, 0.25) is 5.89 Å². The Labute approximate surface area is 99.9 Å². The van der Waals surface area contributed by atoms with Gasteiger partial charge in [0.25, 0.3) is 0 Å². The first-order valence-corrected chi connectivity index (χ1v) is 6.08. The molecular formula is C12H16N4O. The number of nitrogens with zero attached hydrogens (tertiary/aromatic N) is 4. The van der Waals surface area contributed by atoms with Gasteiger partial charge in [0, 0.05) is 12.6 Å². The SMILES string of the molecule is Cc1nc(Cn2c(C)nc3c2CCCC3)no1. The molecule has 0 aromatic carbocycles. The number of imidazole rings is 1. The molecule has 17 heavy (non-hydrogen) atoms. The molecule has 5 nitrogen and oxygen atoms in total. The van der Waals surface area contributed by atoms with E-state index in [0.29, 0.717) is 12.4 Å². The molecule has 0 amide bonds. The zero-order chi connectivity index (χ0) is 11.8. The fourth-order valence-corrected chi connectivity index (χ4v) is 2.49. The van der Waals surface area contributed by atoms with Crippen LogP contribution in [-0.2, 0) is 19.4 Å². The first kappa shape index (κ1) is 10.5. The Bertz CT molecular complexity index is 541. The molecule has 2 aromatic rings. The summed E-state index contributed by atoms with van der Waals surface area (Å²) in [7, 11) is 0. The van der Waals surface area contributed by atoms with Crippen molar-refractivity contribution in [1.29, 1.82) is 0 Å². The number of fused-ring (bicyclic) bond motifs is 1. The van der Waals surface area contributed by atoms with Crippen LogP contribution in [0.1, 0.15) is 41.8 Å². The maximum Gasteiger partial charge on any atom is 0.223 e. The van der Waals surface area contributed by atoms with E-state index in [0.717, 1.165) is 24.5 Å². The van der Waals surface area contributed by atoms with E-state index in [1.165, 1.54) is 24.2 Å². The smallest absolute Gasteiger partial charge is 0.223 e. The molecule has 0 atom stereocenters. The highest BCUT2D eigenvalue weighted by atomic mass is 16.5. The van der Waals surface area contributed by atoms with Gasteiger partial charge in [0.15, 0.2) is 5.82 Å². The van der Waals surface area contributed by atoms with Crippen molar-refractivity contribution >= 4 is 0 Å². The number of aryl methyl sites for hydroxylation is 3. The van der Waals surface area contributed by atoms with Crippen LogP contribution in [0.2, 0.25) is 0 Å². The highest BCUT2D eigenvalue weighted by molar-refractivity contribution is 5.20. The van der Waals surface area contributed by atoms with Crippen LogP contribution in [0.4, 0.5) is 0 Å². The van der Waals surface area contributed by atoms with Gasteiger partial charge in [-0.05, 0) is 32.6 Å². The van der Waals surface area contributed by atoms with Crippen molar-refractivity contribution < 1.29 is 4.52 Å². The minimum absolute atomic E-state index is 0.617.